The predicted molar refractivity (Wildman–Crippen MR) is 99.2 cm³/mol. The van der Waals surface area contributed by atoms with E-state index in [9.17, 15) is 17.4 Å². The summed E-state index contributed by atoms with van der Waals surface area (Å²) in [7, 11) is -4.66. The van der Waals surface area contributed by atoms with E-state index in [1.54, 1.807) is 29.2 Å². The summed E-state index contributed by atoms with van der Waals surface area (Å²) in [6.45, 7) is 6.60. The number of sulfonamides is 1. The maximum Gasteiger partial charge on any atom is 0.241 e. The summed E-state index contributed by atoms with van der Waals surface area (Å²) in [5.41, 5.74) is 0.968. The van der Waals surface area contributed by atoms with Gasteiger partial charge in [-0.05, 0) is 31.4 Å². The van der Waals surface area contributed by atoms with Crippen LogP contribution in [0.1, 0.15) is 25.8 Å². The van der Waals surface area contributed by atoms with Gasteiger partial charge in [0.2, 0.25) is 15.9 Å². The first-order valence-electron chi connectivity index (χ1n) is 8.42. The Kier molecular flexibility index (Phi) is 6.76. The highest BCUT2D eigenvalue weighted by atomic mass is 32.2. The zero-order chi connectivity index (χ0) is 18.6. The van der Waals surface area contributed by atoms with Crippen LogP contribution in [0, 0.1) is 12.8 Å². The van der Waals surface area contributed by atoms with Crippen molar-refractivity contribution in [3.05, 3.63) is 29.8 Å². The van der Waals surface area contributed by atoms with Crippen LogP contribution < -0.4 is 4.72 Å². The minimum Gasteiger partial charge on any atom is -0.339 e. The standard InChI is InChI=1S/C17H26N2O4S2/c1-13(2)12-16(17(20)19-8-10-24(21)11-9-19)18-25(22,23)15-6-4-14(3)5-7-15/h4-7,13,16,18H,8-12H2,1-3H3. The number of carbonyl (C=O) groups is 1. The Balaban J connectivity index is 2.17. The predicted octanol–water partition coefficient (Wildman–Crippen LogP) is 1.28. The summed E-state index contributed by atoms with van der Waals surface area (Å²) in [5.74, 6) is 0.824. The van der Waals surface area contributed by atoms with E-state index < -0.39 is 26.9 Å². The fourth-order valence-corrected chi connectivity index (χ4v) is 4.98. The van der Waals surface area contributed by atoms with E-state index >= 15 is 0 Å². The maximum atomic E-state index is 12.8. The highest BCUT2D eigenvalue weighted by molar-refractivity contribution is 7.89. The molecular formula is C17H26N2O4S2. The van der Waals surface area contributed by atoms with Gasteiger partial charge in [-0.2, -0.15) is 4.72 Å². The van der Waals surface area contributed by atoms with E-state index in [1.165, 1.54) is 0 Å². The van der Waals surface area contributed by atoms with E-state index in [2.05, 4.69) is 4.72 Å². The van der Waals surface area contributed by atoms with Crippen molar-refractivity contribution in [3.63, 3.8) is 0 Å². The molecular weight excluding hydrogens is 360 g/mol. The van der Waals surface area contributed by atoms with Gasteiger partial charge in [-0.3, -0.25) is 9.00 Å². The van der Waals surface area contributed by atoms with E-state index in [4.69, 9.17) is 0 Å². The second-order valence-corrected chi connectivity index (χ2v) is 10.2. The molecule has 1 aromatic rings. The topological polar surface area (TPSA) is 83.6 Å². The number of rotatable bonds is 6. The lowest BCUT2D eigenvalue weighted by Gasteiger charge is -2.31. The van der Waals surface area contributed by atoms with Crippen molar-refractivity contribution in [1.82, 2.24) is 9.62 Å². The van der Waals surface area contributed by atoms with E-state index in [0.717, 1.165) is 5.56 Å². The van der Waals surface area contributed by atoms with Gasteiger partial charge in [0, 0.05) is 35.4 Å². The number of nitrogens with zero attached hydrogens (tertiary/aromatic N) is 1. The summed E-state index contributed by atoms with van der Waals surface area (Å²) in [6, 6.07) is 5.73. The van der Waals surface area contributed by atoms with Crippen molar-refractivity contribution in [1.29, 1.82) is 0 Å². The Morgan fingerprint density at radius 1 is 1.20 bits per heavy atom. The van der Waals surface area contributed by atoms with Crippen LogP contribution in [0.25, 0.3) is 0 Å². The average Bonchev–Trinajstić information content (AvgIpc) is 2.54. The van der Waals surface area contributed by atoms with Gasteiger partial charge < -0.3 is 4.90 Å². The molecule has 0 spiro atoms. The number of carbonyl (C=O) groups excluding carboxylic acids is 1. The molecule has 1 N–H and O–H groups in total. The number of aryl methyl sites for hydroxylation is 1. The van der Waals surface area contributed by atoms with E-state index in [1.807, 2.05) is 20.8 Å². The molecule has 1 atom stereocenters. The van der Waals surface area contributed by atoms with Gasteiger partial charge in [0.25, 0.3) is 0 Å². The summed E-state index contributed by atoms with van der Waals surface area (Å²) in [5, 5.41) is 0. The van der Waals surface area contributed by atoms with Gasteiger partial charge in [0.05, 0.1) is 4.90 Å². The van der Waals surface area contributed by atoms with Gasteiger partial charge in [-0.15, -0.1) is 0 Å². The summed E-state index contributed by atoms with van der Waals surface area (Å²) >= 11 is 0. The minimum atomic E-state index is -3.77. The lowest BCUT2D eigenvalue weighted by Crippen LogP contribution is -2.52. The summed E-state index contributed by atoms with van der Waals surface area (Å²) in [4.78, 5) is 14.6. The van der Waals surface area contributed by atoms with Crippen LogP contribution >= 0.6 is 0 Å². The summed E-state index contributed by atoms with van der Waals surface area (Å²) < 4.78 is 39.3. The minimum absolute atomic E-state index is 0.152. The lowest BCUT2D eigenvalue weighted by molar-refractivity contribution is -0.133. The molecule has 0 aliphatic carbocycles. The molecule has 6 nitrogen and oxygen atoms in total. The molecule has 1 fully saturated rings. The highest BCUT2D eigenvalue weighted by Gasteiger charge is 2.31. The molecule has 0 aromatic heterocycles. The van der Waals surface area contributed by atoms with E-state index in [0.29, 0.717) is 31.0 Å². The van der Waals surface area contributed by atoms with Crippen LogP contribution in [0.3, 0.4) is 0 Å². The molecule has 0 bridgehead atoms. The zero-order valence-electron chi connectivity index (χ0n) is 14.9. The third-order valence-electron chi connectivity index (χ3n) is 4.12. The molecule has 2 rings (SSSR count). The molecule has 1 heterocycles. The van der Waals surface area contributed by atoms with Gasteiger partial charge in [0.1, 0.15) is 6.04 Å². The summed E-state index contributed by atoms with van der Waals surface area (Å²) in [6.07, 6.45) is 0.420. The fourth-order valence-electron chi connectivity index (χ4n) is 2.72. The average molecular weight is 387 g/mol. The number of nitrogens with one attached hydrogen (secondary N) is 1. The molecule has 0 radical (unpaired) electrons. The third-order valence-corrected chi connectivity index (χ3v) is 6.89. The normalized spacial score (nSPS) is 17.7. The number of amides is 1. The number of hydrogen-bond acceptors (Lipinski definition) is 4. The van der Waals surface area contributed by atoms with Crippen LogP contribution in [-0.2, 0) is 25.6 Å². The van der Waals surface area contributed by atoms with Gasteiger partial charge in [-0.1, -0.05) is 31.5 Å². The van der Waals surface area contributed by atoms with Crippen LogP contribution in [-0.4, -0.2) is 54.1 Å². The van der Waals surface area contributed by atoms with Crippen LogP contribution in [0.15, 0.2) is 29.2 Å². The zero-order valence-corrected chi connectivity index (χ0v) is 16.5. The molecule has 1 unspecified atom stereocenters. The molecule has 1 amide bonds. The Labute approximate surface area is 152 Å². The van der Waals surface area contributed by atoms with Gasteiger partial charge >= 0.3 is 0 Å². The molecule has 1 aliphatic heterocycles. The first-order chi connectivity index (χ1) is 11.7. The number of benzene rings is 1. The molecule has 25 heavy (non-hydrogen) atoms. The third kappa shape index (κ3) is 5.62. The Hall–Kier alpha value is -1.25. The molecule has 140 valence electrons. The number of hydrogen-bond donors (Lipinski definition) is 1. The second-order valence-electron chi connectivity index (χ2n) is 6.79. The second kappa shape index (κ2) is 8.42. The fraction of sp³-hybridized carbons (Fsp3) is 0.588. The monoisotopic (exact) mass is 386 g/mol. The van der Waals surface area contributed by atoms with Crippen LogP contribution in [0.5, 0.6) is 0 Å². The molecule has 8 heteroatoms. The molecule has 1 aliphatic rings. The lowest BCUT2D eigenvalue weighted by atomic mass is 10.0. The van der Waals surface area contributed by atoms with Crippen molar-refractivity contribution in [3.8, 4) is 0 Å². The van der Waals surface area contributed by atoms with Gasteiger partial charge in [-0.25, -0.2) is 8.42 Å². The van der Waals surface area contributed by atoms with Crippen LogP contribution in [0.2, 0.25) is 0 Å². The Morgan fingerprint density at radius 2 is 1.76 bits per heavy atom. The van der Waals surface area contributed by atoms with Crippen molar-refractivity contribution in [2.45, 2.75) is 38.1 Å². The largest absolute Gasteiger partial charge is 0.339 e. The first-order valence-corrected chi connectivity index (χ1v) is 11.4. The van der Waals surface area contributed by atoms with Crippen molar-refractivity contribution in [2.75, 3.05) is 24.6 Å². The SMILES string of the molecule is Cc1ccc(S(=O)(=O)NC(CC(C)C)C(=O)N2CCS(=O)CC2)cc1. The highest BCUT2D eigenvalue weighted by Crippen LogP contribution is 2.15. The van der Waals surface area contributed by atoms with Crippen molar-refractivity contribution in [2.24, 2.45) is 5.92 Å². The smallest absolute Gasteiger partial charge is 0.241 e. The first kappa shape index (κ1) is 20.1. The van der Waals surface area contributed by atoms with Crippen molar-refractivity contribution >= 4 is 26.7 Å². The molecule has 0 saturated carbocycles. The van der Waals surface area contributed by atoms with Gasteiger partial charge in [0.15, 0.2) is 0 Å². The van der Waals surface area contributed by atoms with Crippen LogP contribution in [0.4, 0.5) is 0 Å². The van der Waals surface area contributed by atoms with E-state index in [-0.39, 0.29) is 16.7 Å². The Bertz CT molecular complexity index is 720. The van der Waals surface area contributed by atoms with Crippen molar-refractivity contribution < 1.29 is 17.4 Å². The Morgan fingerprint density at radius 3 is 2.28 bits per heavy atom. The molecule has 1 saturated heterocycles. The molecule has 1 aromatic carbocycles. The quantitative estimate of drug-likeness (QED) is 0.798. The maximum absolute atomic E-state index is 12.8.